The van der Waals surface area contributed by atoms with Crippen LogP contribution in [0.2, 0.25) is 0 Å². The standard InChI is InChI=1S/C16H19BrN4O2/c1-20(2)16(22)21-9-7-12(8-10-21)15-18-14(19-23-15)11-3-5-13(17)6-4-11/h3-6,12H,7-10H2,1-2H3. The van der Waals surface area contributed by atoms with Gasteiger partial charge in [-0.2, -0.15) is 4.98 Å². The monoisotopic (exact) mass is 378 g/mol. The normalized spacial score (nSPS) is 15.7. The first-order valence-corrected chi connectivity index (χ1v) is 8.39. The molecular weight excluding hydrogens is 360 g/mol. The molecule has 2 aromatic rings. The van der Waals surface area contributed by atoms with Gasteiger partial charge in [-0.3, -0.25) is 0 Å². The number of amides is 2. The van der Waals surface area contributed by atoms with Crippen LogP contribution in [0, 0.1) is 0 Å². The van der Waals surface area contributed by atoms with Crippen LogP contribution in [-0.4, -0.2) is 53.2 Å². The summed E-state index contributed by atoms with van der Waals surface area (Å²) >= 11 is 3.41. The van der Waals surface area contributed by atoms with Crippen molar-refractivity contribution in [2.24, 2.45) is 0 Å². The molecule has 2 heterocycles. The van der Waals surface area contributed by atoms with E-state index in [9.17, 15) is 4.79 Å². The van der Waals surface area contributed by atoms with Crippen molar-refractivity contribution in [1.82, 2.24) is 19.9 Å². The quantitative estimate of drug-likeness (QED) is 0.803. The molecule has 2 amide bonds. The van der Waals surface area contributed by atoms with Crippen molar-refractivity contribution in [3.05, 3.63) is 34.6 Å². The zero-order valence-electron chi connectivity index (χ0n) is 13.2. The first kappa shape index (κ1) is 16.0. The van der Waals surface area contributed by atoms with Gasteiger partial charge < -0.3 is 14.3 Å². The highest BCUT2D eigenvalue weighted by molar-refractivity contribution is 9.10. The van der Waals surface area contributed by atoms with Crippen molar-refractivity contribution in [3.8, 4) is 11.4 Å². The number of urea groups is 1. The lowest BCUT2D eigenvalue weighted by molar-refractivity contribution is 0.152. The Labute approximate surface area is 143 Å². The van der Waals surface area contributed by atoms with Crippen LogP contribution in [0.4, 0.5) is 4.79 Å². The second-order valence-electron chi connectivity index (χ2n) is 5.90. The molecule has 122 valence electrons. The van der Waals surface area contributed by atoms with E-state index in [-0.39, 0.29) is 11.9 Å². The van der Waals surface area contributed by atoms with Crippen molar-refractivity contribution >= 4 is 22.0 Å². The molecule has 0 unspecified atom stereocenters. The summed E-state index contributed by atoms with van der Waals surface area (Å²) in [6, 6.07) is 7.88. The third kappa shape index (κ3) is 3.55. The molecule has 0 N–H and O–H groups in total. The van der Waals surface area contributed by atoms with E-state index in [0.29, 0.717) is 11.7 Å². The first-order chi connectivity index (χ1) is 11.0. The van der Waals surface area contributed by atoms with Crippen LogP contribution in [0.25, 0.3) is 11.4 Å². The molecule has 1 aliphatic heterocycles. The van der Waals surface area contributed by atoms with Gasteiger partial charge in [-0.1, -0.05) is 21.1 Å². The number of hydrogen-bond donors (Lipinski definition) is 0. The van der Waals surface area contributed by atoms with Gasteiger partial charge >= 0.3 is 6.03 Å². The summed E-state index contributed by atoms with van der Waals surface area (Å²) in [7, 11) is 3.55. The summed E-state index contributed by atoms with van der Waals surface area (Å²) in [6.07, 6.45) is 1.70. The van der Waals surface area contributed by atoms with Crippen LogP contribution in [0.5, 0.6) is 0 Å². The van der Waals surface area contributed by atoms with Gasteiger partial charge in [0, 0.05) is 43.1 Å². The van der Waals surface area contributed by atoms with Crippen LogP contribution in [-0.2, 0) is 0 Å². The van der Waals surface area contributed by atoms with Gasteiger partial charge in [0.2, 0.25) is 11.7 Å². The van der Waals surface area contributed by atoms with Gasteiger partial charge in [0.1, 0.15) is 0 Å². The third-order valence-electron chi connectivity index (χ3n) is 4.04. The Morgan fingerprint density at radius 3 is 2.52 bits per heavy atom. The molecule has 0 saturated carbocycles. The minimum absolute atomic E-state index is 0.0598. The molecule has 7 heteroatoms. The Morgan fingerprint density at radius 2 is 1.91 bits per heavy atom. The molecule has 0 atom stereocenters. The molecule has 6 nitrogen and oxygen atoms in total. The lowest BCUT2D eigenvalue weighted by atomic mass is 9.97. The second kappa shape index (κ2) is 6.70. The van der Waals surface area contributed by atoms with E-state index in [0.717, 1.165) is 36.0 Å². The van der Waals surface area contributed by atoms with Crippen LogP contribution < -0.4 is 0 Å². The van der Waals surface area contributed by atoms with Gasteiger partial charge in [-0.25, -0.2) is 4.79 Å². The van der Waals surface area contributed by atoms with Crippen molar-refractivity contribution in [3.63, 3.8) is 0 Å². The van der Waals surface area contributed by atoms with E-state index in [1.54, 1.807) is 19.0 Å². The smallest absolute Gasteiger partial charge is 0.319 e. The predicted molar refractivity (Wildman–Crippen MR) is 90.1 cm³/mol. The minimum Gasteiger partial charge on any atom is -0.339 e. The van der Waals surface area contributed by atoms with Crippen molar-refractivity contribution in [2.45, 2.75) is 18.8 Å². The van der Waals surface area contributed by atoms with E-state index in [1.807, 2.05) is 29.2 Å². The fourth-order valence-corrected chi connectivity index (χ4v) is 2.98. The lowest BCUT2D eigenvalue weighted by Gasteiger charge is -2.32. The molecule has 1 aromatic carbocycles. The summed E-state index contributed by atoms with van der Waals surface area (Å²) in [6.45, 7) is 1.44. The first-order valence-electron chi connectivity index (χ1n) is 7.60. The van der Waals surface area contributed by atoms with Gasteiger partial charge in [-0.05, 0) is 37.1 Å². The summed E-state index contributed by atoms with van der Waals surface area (Å²) in [4.78, 5) is 20.0. The zero-order chi connectivity index (χ0) is 16.4. The molecule has 0 spiro atoms. The third-order valence-corrected chi connectivity index (χ3v) is 4.57. The van der Waals surface area contributed by atoms with Crippen LogP contribution >= 0.6 is 15.9 Å². The van der Waals surface area contributed by atoms with Gasteiger partial charge in [0.15, 0.2) is 0 Å². The van der Waals surface area contributed by atoms with E-state index in [2.05, 4.69) is 26.1 Å². The number of rotatable bonds is 2. The Morgan fingerprint density at radius 1 is 1.26 bits per heavy atom. The SMILES string of the molecule is CN(C)C(=O)N1CCC(c2nc(-c3ccc(Br)cc3)no2)CC1. The zero-order valence-corrected chi connectivity index (χ0v) is 14.8. The Kier molecular flexibility index (Phi) is 4.66. The molecule has 1 fully saturated rings. The molecule has 3 rings (SSSR count). The Balaban J connectivity index is 1.66. The minimum atomic E-state index is 0.0598. The number of benzene rings is 1. The fourth-order valence-electron chi connectivity index (χ4n) is 2.72. The van der Waals surface area contributed by atoms with Crippen LogP contribution in [0.15, 0.2) is 33.3 Å². The largest absolute Gasteiger partial charge is 0.339 e. The molecule has 23 heavy (non-hydrogen) atoms. The maximum absolute atomic E-state index is 12.0. The number of hydrogen-bond acceptors (Lipinski definition) is 4. The molecule has 1 aromatic heterocycles. The van der Waals surface area contributed by atoms with Gasteiger partial charge in [0.25, 0.3) is 0 Å². The molecule has 0 radical (unpaired) electrons. The Hall–Kier alpha value is -1.89. The summed E-state index contributed by atoms with van der Waals surface area (Å²) in [5.41, 5.74) is 0.934. The number of piperidine rings is 1. The predicted octanol–water partition coefficient (Wildman–Crippen LogP) is 3.36. The number of likely N-dealkylation sites (tertiary alicyclic amines) is 1. The number of nitrogens with zero attached hydrogens (tertiary/aromatic N) is 4. The van der Waals surface area contributed by atoms with Crippen LogP contribution in [0.1, 0.15) is 24.7 Å². The number of halogens is 1. The molecule has 1 saturated heterocycles. The fraction of sp³-hybridized carbons (Fsp3) is 0.438. The Bertz CT molecular complexity index is 676. The van der Waals surface area contributed by atoms with E-state index in [4.69, 9.17) is 4.52 Å². The van der Waals surface area contributed by atoms with Crippen molar-refractivity contribution in [2.75, 3.05) is 27.2 Å². The second-order valence-corrected chi connectivity index (χ2v) is 6.82. The molecule has 1 aliphatic rings. The number of carbonyl (C=O) groups is 1. The molecular formula is C16H19BrN4O2. The van der Waals surface area contributed by atoms with E-state index in [1.165, 1.54) is 0 Å². The highest BCUT2D eigenvalue weighted by Gasteiger charge is 2.28. The lowest BCUT2D eigenvalue weighted by Crippen LogP contribution is -2.43. The van der Waals surface area contributed by atoms with Crippen LogP contribution in [0.3, 0.4) is 0 Å². The summed E-state index contributed by atoms with van der Waals surface area (Å²) < 4.78 is 6.46. The average molecular weight is 379 g/mol. The van der Waals surface area contributed by atoms with Gasteiger partial charge in [0.05, 0.1) is 0 Å². The summed E-state index contributed by atoms with van der Waals surface area (Å²) in [5, 5.41) is 4.08. The average Bonchev–Trinajstić information content (AvgIpc) is 3.05. The van der Waals surface area contributed by atoms with Crippen molar-refractivity contribution < 1.29 is 9.32 Å². The van der Waals surface area contributed by atoms with Gasteiger partial charge in [-0.15, -0.1) is 0 Å². The summed E-state index contributed by atoms with van der Waals surface area (Å²) in [5.74, 6) is 1.50. The number of carbonyl (C=O) groups excluding carboxylic acids is 1. The maximum atomic E-state index is 12.0. The highest BCUT2D eigenvalue weighted by Crippen LogP contribution is 2.29. The van der Waals surface area contributed by atoms with Crippen molar-refractivity contribution in [1.29, 1.82) is 0 Å². The molecule has 0 bridgehead atoms. The highest BCUT2D eigenvalue weighted by atomic mass is 79.9. The number of aromatic nitrogens is 2. The maximum Gasteiger partial charge on any atom is 0.319 e. The van der Waals surface area contributed by atoms with E-state index >= 15 is 0 Å². The van der Waals surface area contributed by atoms with E-state index < -0.39 is 0 Å². The topological polar surface area (TPSA) is 62.5 Å². The molecule has 0 aliphatic carbocycles.